The van der Waals surface area contributed by atoms with Crippen LogP contribution in [-0.2, 0) is 35.1 Å². The summed E-state index contributed by atoms with van der Waals surface area (Å²) in [7, 11) is 4.44. The molecule has 0 radical (unpaired) electrons. The topological polar surface area (TPSA) is 100 Å². The second-order valence-corrected chi connectivity index (χ2v) is 9.39. The number of carbonyl (C=O) groups is 3. The number of hydrogen-bond acceptors (Lipinski definition) is 7. The smallest absolute Gasteiger partial charge is 0.408 e. The number of ether oxygens (including phenoxy) is 4. The van der Waals surface area contributed by atoms with E-state index in [9.17, 15) is 23.2 Å². The van der Waals surface area contributed by atoms with Crippen LogP contribution in [0.25, 0.3) is 0 Å². The van der Waals surface area contributed by atoms with E-state index in [1.54, 1.807) is 32.9 Å². The first-order chi connectivity index (χ1) is 16.3. The van der Waals surface area contributed by atoms with Crippen molar-refractivity contribution in [1.82, 2.24) is 5.32 Å². The van der Waals surface area contributed by atoms with Crippen molar-refractivity contribution in [2.45, 2.75) is 64.5 Å². The molecule has 0 spiro atoms. The lowest BCUT2D eigenvalue weighted by atomic mass is 10.1. The Hall–Kier alpha value is -2.63. The maximum absolute atomic E-state index is 13.5. The number of methoxy groups -OCH3 is 1. The molecule has 9 nitrogen and oxygen atoms in total. The van der Waals surface area contributed by atoms with Gasteiger partial charge in [-0.2, -0.15) is 8.78 Å². The first kappa shape index (κ1) is 30.4. The summed E-state index contributed by atoms with van der Waals surface area (Å²) < 4.78 is 44.6. The van der Waals surface area contributed by atoms with E-state index in [1.165, 1.54) is 21.2 Å². The molecule has 2 unspecified atom stereocenters. The van der Waals surface area contributed by atoms with Crippen molar-refractivity contribution in [3.8, 4) is 0 Å². The quantitative estimate of drug-likeness (QED) is 0.326. The average Bonchev–Trinajstić information content (AvgIpc) is 2.75. The molecule has 0 aliphatic carbocycles. The largest absolute Gasteiger partial charge is 0.456 e. The van der Waals surface area contributed by atoms with E-state index in [0.717, 1.165) is 5.56 Å². The number of hydrogen-bond donors (Lipinski definition) is 1. The van der Waals surface area contributed by atoms with Crippen molar-refractivity contribution < 1.29 is 46.6 Å². The number of esters is 1. The predicted molar refractivity (Wildman–Crippen MR) is 123 cm³/mol. The van der Waals surface area contributed by atoms with Gasteiger partial charge in [-0.1, -0.05) is 30.3 Å². The van der Waals surface area contributed by atoms with Crippen LogP contribution in [0.4, 0.5) is 13.6 Å². The van der Waals surface area contributed by atoms with E-state index in [0.29, 0.717) is 0 Å². The number of alkyl halides is 2. The van der Waals surface area contributed by atoms with E-state index in [1.807, 2.05) is 18.2 Å². The number of nitrogens with one attached hydrogen (secondary N) is 1. The fourth-order valence-corrected chi connectivity index (χ4v) is 3.30. The third-order valence-electron chi connectivity index (χ3n) is 5.08. The summed E-state index contributed by atoms with van der Waals surface area (Å²) in [4.78, 5) is 38.9. The van der Waals surface area contributed by atoms with Gasteiger partial charge in [0.05, 0.1) is 27.3 Å². The van der Waals surface area contributed by atoms with E-state index < -0.39 is 53.4 Å². The van der Waals surface area contributed by atoms with Crippen LogP contribution in [-0.4, -0.2) is 81.2 Å². The molecule has 2 atom stereocenters. The normalized spacial score (nSPS) is 13.7. The maximum Gasteiger partial charge on any atom is 0.408 e. The zero-order valence-electron chi connectivity index (χ0n) is 21.2. The number of benzene rings is 1. The lowest BCUT2D eigenvalue weighted by molar-refractivity contribution is -0.833. The third-order valence-corrected chi connectivity index (χ3v) is 5.08. The van der Waals surface area contributed by atoms with Gasteiger partial charge in [0.1, 0.15) is 18.2 Å². The minimum atomic E-state index is -3.03. The number of amides is 2. The first-order valence-corrected chi connectivity index (χ1v) is 11.2. The van der Waals surface area contributed by atoms with Gasteiger partial charge in [0.25, 0.3) is 0 Å². The summed E-state index contributed by atoms with van der Waals surface area (Å²) in [6.45, 7) is 1.59. The minimum absolute atomic E-state index is 0.0131. The molecule has 0 saturated heterocycles. The Morgan fingerprint density at radius 2 is 1.66 bits per heavy atom. The molecule has 0 heterocycles. The maximum atomic E-state index is 13.5. The summed E-state index contributed by atoms with van der Waals surface area (Å²) in [5.41, 5.74) is -0.0689. The van der Waals surface area contributed by atoms with Crippen molar-refractivity contribution in [2.24, 2.45) is 0 Å². The molecule has 11 heteroatoms. The van der Waals surface area contributed by atoms with Gasteiger partial charge >= 0.3 is 24.6 Å². The Labute approximate surface area is 205 Å². The van der Waals surface area contributed by atoms with Crippen LogP contribution >= 0.6 is 0 Å². The molecule has 0 aromatic heterocycles. The van der Waals surface area contributed by atoms with Gasteiger partial charge in [-0.15, -0.1) is 0 Å². The molecule has 35 heavy (non-hydrogen) atoms. The molecule has 1 aromatic rings. The number of rotatable bonds is 13. The molecular weight excluding hydrogens is 466 g/mol. The summed E-state index contributed by atoms with van der Waals surface area (Å²) >= 11 is 0. The summed E-state index contributed by atoms with van der Waals surface area (Å²) in [6.07, 6.45) is -0.997. The molecule has 0 bridgehead atoms. The van der Waals surface area contributed by atoms with Gasteiger partial charge in [-0.3, -0.25) is 4.48 Å². The van der Waals surface area contributed by atoms with Crippen molar-refractivity contribution in [3.63, 3.8) is 0 Å². The van der Waals surface area contributed by atoms with E-state index in [-0.39, 0.29) is 26.1 Å². The Morgan fingerprint density at radius 3 is 2.20 bits per heavy atom. The van der Waals surface area contributed by atoms with Gasteiger partial charge in [0.15, 0.2) is 6.04 Å². The van der Waals surface area contributed by atoms with E-state index in [4.69, 9.17) is 14.2 Å². The fraction of sp³-hybridized carbons (Fsp3) is 0.625. The summed E-state index contributed by atoms with van der Waals surface area (Å²) in [5, 5.41) is 2.43. The monoisotopic (exact) mass is 503 g/mol. The van der Waals surface area contributed by atoms with Crippen LogP contribution in [0.1, 0.15) is 39.2 Å². The van der Waals surface area contributed by atoms with Crippen LogP contribution in [0.15, 0.2) is 30.3 Å². The Balaban J connectivity index is 3.08. The number of nitrogens with zero attached hydrogens (tertiary/aromatic N) is 1. The van der Waals surface area contributed by atoms with Crippen LogP contribution in [0.5, 0.6) is 0 Å². The SMILES string of the molecule is COCCC(C(=O)OCc1ccccc1)[N+](C)(C)C(=O)C(CCOC(F)F)NC(=O)OC(C)(C)C. The number of carbonyl (C=O) groups excluding carboxylic acids is 3. The Morgan fingerprint density at radius 1 is 1.03 bits per heavy atom. The lowest BCUT2D eigenvalue weighted by Gasteiger charge is -2.36. The van der Waals surface area contributed by atoms with Gasteiger partial charge < -0.3 is 24.3 Å². The molecule has 2 amide bonds. The number of likely N-dealkylation sites (N-methyl/N-ethyl adjacent to an activating group) is 1. The predicted octanol–water partition coefficient (Wildman–Crippen LogP) is 3.26. The lowest BCUT2D eigenvalue weighted by Crippen LogP contribution is -2.63. The molecule has 0 aliphatic rings. The summed E-state index contributed by atoms with van der Waals surface area (Å²) in [6, 6.07) is 6.81. The van der Waals surface area contributed by atoms with E-state index >= 15 is 0 Å². The molecule has 0 fully saturated rings. The number of alkyl carbamates (subject to hydrolysis) is 1. The molecule has 0 aliphatic heterocycles. The van der Waals surface area contributed by atoms with Crippen molar-refractivity contribution in [2.75, 3.05) is 34.4 Å². The molecule has 0 saturated carbocycles. The molecular formula is C24H37F2N2O7+. The average molecular weight is 504 g/mol. The van der Waals surface area contributed by atoms with Crippen LogP contribution in [0.2, 0.25) is 0 Å². The van der Waals surface area contributed by atoms with Crippen LogP contribution in [0, 0.1) is 0 Å². The van der Waals surface area contributed by atoms with Gasteiger partial charge in [0.2, 0.25) is 0 Å². The second-order valence-electron chi connectivity index (χ2n) is 9.39. The van der Waals surface area contributed by atoms with Crippen LogP contribution in [0.3, 0.4) is 0 Å². The third kappa shape index (κ3) is 11.1. The molecule has 198 valence electrons. The fourth-order valence-electron chi connectivity index (χ4n) is 3.30. The Bertz CT molecular complexity index is 814. The minimum Gasteiger partial charge on any atom is -0.456 e. The Kier molecular flexibility index (Phi) is 12.2. The van der Waals surface area contributed by atoms with Crippen molar-refractivity contribution in [1.29, 1.82) is 0 Å². The van der Waals surface area contributed by atoms with Gasteiger partial charge in [-0.05, 0) is 26.3 Å². The number of halogens is 2. The molecule has 1 rings (SSSR count). The highest BCUT2D eigenvalue weighted by Crippen LogP contribution is 2.19. The zero-order chi connectivity index (χ0) is 26.6. The second kappa shape index (κ2) is 14.1. The van der Waals surface area contributed by atoms with E-state index in [2.05, 4.69) is 10.1 Å². The summed E-state index contributed by atoms with van der Waals surface area (Å²) in [5.74, 6) is -1.24. The van der Waals surface area contributed by atoms with Crippen molar-refractivity contribution in [3.05, 3.63) is 35.9 Å². The highest BCUT2D eigenvalue weighted by Gasteiger charge is 2.46. The zero-order valence-corrected chi connectivity index (χ0v) is 21.2. The van der Waals surface area contributed by atoms with Crippen LogP contribution < -0.4 is 5.32 Å². The highest BCUT2D eigenvalue weighted by molar-refractivity contribution is 5.84. The molecule has 1 N–H and O–H groups in total. The van der Waals surface area contributed by atoms with Crippen molar-refractivity contribution >= 4 is 18.0 Å². The van der Waals surface area contributed by atoms with Gasteiger partial charge in [0, 0.05) is 20.0 Å². The standard InChI is InChI=1S/C24H36F2N2O7/c1-24(2,3)35-23(31)27-18(12-15-33-22(25)26)20(29)28(4,5)19(13-14-32-6)21(30)34-16-17-10-8-7-9-11-17/h7-11,18-19,22H,12-16H2,1-6H3/p+1. The first-order valence-electron chi connectivity index (χ1n) is 11.2. The van der Waals surface area contributed by atoms with Gasteiger partial charge in [-0.25, -0.2) is 14.4 Å². The molecule has 1 aromatic carbocycles. The number of quaternary nitrogens is 1. The highest BCUT2D eigenvalue weighted by atomic mass is 19.3.